The van der Waals surface area contributed by atoms with E-state index in [9.17, 15) is 0 Å². The molecule has 2 aliphatic rings. The van der Waals surface area contributed by atoms with Crippen molar-refractivity contribution in [3.05, 3.63) is 63.3 Å². The number of allylic oxidation sites excluding steroid dienone is 2. The summed E-state index contributed by atoms with van der Waals surface area (Å²) in [5, 5.41) is 13.6. The molecule has 1 aromatic rings. The molecule has 41 heavy (non-hydrogen) atoms. The number of fused-ring (bicyclic) bond motifs is 2. The molecule has 3 rings (SSSR count). The topological polar surface area (TPSA) is 42.3 Å². The van der Waals surface area contributed by atoms with Gasteiger partial charge < -0.3 is 16.0 Å². The zero-order valence-corrected chi connectivity index (χ0v) is 32.1. The predicted molar refractivity (Wildman–Crippen MR) is 184 cm³/mol. The molecule has 2 aliphatic carbocycles. The van der Waals surface area contributed by atoms with Gasteiger partial charge >= 0.3 is 21.7 Å². The van der Waals surface area contributed by atoms with Gasteiger partial charge in [0.1, 0.15) is 0 Å². The van der Waals surface area contributed by atoms with Crippen LogP contribution in [-0.2, 0) is 28.1 Å². The minimum atomic E-state index is 0. The fourth-order valence-electron chi connectivity index (χ4n) is 5.52. The molecule has 0 bridgehead atoms. The average Bonchev–Trinajstić information content (AvgIpc) is 2.99. The third-order valence-corrected chi connectivity index (χ3v) is 5.15. The zero-order chi connectivity index (χ0) is 31.8. The summed E-state index contributed by atoms with van der Waals surface area (Å²) in [5.74, 6) is 0. The SMILES string of the molecule is CC(C)(C)[N-]C(C)(C)C.CC(C)(C)[N-]C(C)(C)C.CC(C)(C)[N-]C(C)(C)C.[Ti+4].c1ccc2c(c1)CC1=C2CCC[CH-]1. The summed E-state index contributed by atoms with van der Waals surface area (Å²) >= 11 is 0. The van der Waals surface area contributed by atoms with Crippen molar-refractivity contribution in [2.45, 2.75) is 184 Å². The molecule has 0 fully saturated rings. The van der Waals surface area contributed by atoms with E-state index in [0.717, 1.165) is 0 Å². The molecule has 3 nitrogen and oxygen atoms in total. The van der Waals surface area contributed by atoms with Crippen molar-refractivity contribution < 1.29 is 21.7 Å². The van der Waals surface area contributed by atoms with Crippen molar-refractivity contribution in [1.82, 2.24) is 0 Å². The van der Waals surface area contributed by atoms with E-state index >= 15 is 0 Å². The first-order valence-electron chi connectivity index (χ1n) is 15.4. The Balaban J connectivity index is 0. The Kier molecular flexibility index (Phi) is 17.1. The molecule has 0 unspecified atom stereocenters. The van der Waals surface area contributed by atoms with Gasteiger partial charge in [-0.2, -0.15) is 5.57 Å². The monoisotopic (exact) mass is 601 g/mol. The number of hydrogen-bond acceptors (Lipinski definition) is 0. The Morgan fingerprint density at radius 1 is 0.537 bits per heavy atom. The summed E-state index contributed by atoms with van der Waals surface area (Å²) in [6.07, 6.45) is 7.53. The van der Waals surface area contributed by atoms with E-state index in [2.05, 4.69) is 171 Å². The molecule has 0 radical (unpaired) electrons. The molecule has 0 heterocycles. The van der Waals surface area contributed by atoms with Gasteiger partial charge in [-0.25, -0.2) is 12.0 Å². The quantitative estimate of drug-likeness (QED) is 0.210. The van der Waals surface area contributed by atoms with Gasteiger partial charge in [-0.05, 0) is 6.42 Å². The van der Waals surface area contributed by atoms with Gasteiger partial charge in [0.25, 0.3) is 0 Å². The molecule has 234 valence electrons. The van der Waals surface area contributed by atoms with E-state index in [1.165, 1.54) is 36.8 Å². The molecule has 4 heteroatoms. The van der Waals surface area contributed by atoms with Crippen molar-refractivity contribution in [1.29, 1.82) is 0 Å². The fourth-order valence-corrected chi connectivity index (χ4v) is 5.52. The Labute approximate surface area is 273 Å². The van der Waals surface area contributed by atoms with Gasteiger partial charge in [0.05, 0.1) is 0 Å². The van der Waals surface area contributed by atoms with Crippen LogP contribution in [0, 0.1) is 6.42 Å². The summed E-state index contributed by atoms with van der Waals surface area (Å²) in [7, 11) is 0. The van der Waals surface area contributed by atoms with Crippen LogP contribution >= 0.6 is 0 Å². The molecule has 0 aliphatic heterocycles. The van der Waals surface area contributed by atoms with E-state index < -0.39 is 0 Å². The van der Waals surface area contributed by atoms with Crippen molar-refractivity contribution in [2.24, 2.45) is 0 Å². The van der Waals surface area contributed by atoms with Gasteiger partial charge in [-0.3, -0.25) is 0 Å². The Morgan fingerprint density at radius 2 is 0.878 bits per heavy atom. The van der Waals surface area contributed by atoms with Crippen molar-refractivity contribution in [2.75, 3.05) is 0 Å². The van der Waals surface area contributed by atoms with Crippen LogP contribution in [-0.4, -0.2) is 33.2 Å². The largest absolute Gasteiger partial charge is 4.00 e. The van der Waals surface area contributed by atoms with Crippen LogP contribution in [0.3, 0.4) is 0 Å². The molecular weight excluding hydrogens is 534 g/mol. The van der Waals surface area contributed by atoms with Gasteiger partial charge in [0.2, 0.25) is 0 Å². The Morgan fingerprint density at radius 3 is 1.20 bits per heavy atom. The summed E-state index contributed by atoms with van der Waals surface area (Å²) in [5.41, 5.74) is 6.94. The molecule has 0 amide bonds. The van der Waals surface area contributed by atoms with Crippen molar-refractivity contribution in [3.8, 4) is 0 Å². The van der Waals surface area contributed by atoms with E-state index in [1.807, 2.05) is 0 Å². The van der Waals surface area contributed by atoms with Crippen LogP contribution in [0.5, 0.6) is 0 Å². The minimum Gasteiger partial charge on any atom is -0.653 e. The standard InChI is InChI=1S/C13H13.3C8H18N.Ti/c1-3-7-12-10(5-1)9-11-6-2-4-8-13(11)12;3*1-7(2,3)9-8(4,5)6;/h1,3,5-7H,2,4,8-9H2;3*1-6H3;/q4*-1;+4. The van der Waals surface area contributed by atoms with Crippen LogP contribution in [0.15, 0.2) is 29.8 Å². The van der Waals surface area contributed by atoms with E-state index in [0.29, 0.717) is 0 Å². The number of benzene rings is 1. The summed E-state index contributed by atoms with van der Waals surface area (Å²) < 4.78 is 0. The molecule has 0 saturated carbocycles. The molecule has 1 aromatic carbocycles. The van der Waals surface area contributed by atoms with Gasteiger partial charge in [0.15, 0.2) is 0 Å². The maximum atomic E-state index is 4.54. The number of hydrogen-bond donors (Lipinski definition) is 0. The predicted octanol–water partition coefficient (Wildman–Crippen LogP) is 12.3. The van der Waals surface area contributed by atoms with Gasteiger partial charge in [-0.1, -0.05) is 167 Å². The minimum absolute atomic E-state index is 0. The third kappa shape index (κ3) is 24.6. The molecule has 0 spiro atoms. The third-order valence-electron chi connectivity index (χ3n) is 5.15. The molecule has 0 atom stereocenters. The average molecular weight is 602 g/mol. The van der Waals surface area contributed by atoms with Gasteiger partial charge in [-0.15, -0.1) is 45.2 Å². The van der Waals surface area contributed by atoms with Crippen LogP contribution in [0.25, 0.3) is 21.5 Å². The van der Waals surface area contributed by atoms with E-state index in [4.69, 9.17) is 0 Å². The second-order valence-electron chi connectivity index (χ2n) is 17.3. The fraction of sp³-hybridized carbons (Fsp3) is 0.757. The first-order chi connectivity index (χ1) is 17.6. The first-order valence-corrected chi connectivity index (χ1v) is 15.4. The maximum Gasteiger partial charge on any atom is 4.00 e. The second-order valence-corrected chi connectivity index (χ2v) is 17.3. The normalized spacial score (nSPS) is 15.4. The number of rotatable bonds is 0. The molecule has 0 saturated heterocycles. The Bertz CT molecular complexity index is 804. The van der Waals surface area contributed by atoms with Crippen LogP contribution in [0.1, 0.15) is 155 Å². The molecule has 0 N–H and O–H groups in total. The summed E-state index contributed by atoms with van der Waals surface area (Å²) in [6.45, 7) is 38.2. The Hall–Kier alpha value is -0.576. The van der Waals surface area contributed by atoms with Crippen molar-refractivity contribution in [3.63, 3.8) is 0 Å². The van der Waals surface area contributed by atoms with E-state index in [1.54, 1.807) is 11.1 Å². The summed E-state index contributed by atoms with van der Waals surface area (Å²) in [6, 6.07) is 8.85. The van der Waals surface area contributed by atoms with Crippen molar-refractivity contribution >= 4 is 5.57 Å². The second kappa shape index (κ2) is 16.5. The maximum absolute atomic E-state index is 4.54. The molecule has 0 aromatic heterocycles. The smallest absolute Gasteiger partial charge is 0.653 e. The van der Waals surface area contributed by atoms with Crippen LogP contribution < -0.4 is 0 Å². The number of nitrogens with zero attached hydrogens (tertiary/aromatic N) is 3. The molecular formula is C37H67N3Ti. The van der Waals surface area contributed by atoms with Crippen LogP contribution in [0.2, 0.25) is 0 Å². The summed E-state index contributed by atoms with van der Waals surface area (Å²) in [4.78, 5) is 0. The van der Waals surface area contributed by atoms with Gasteiger partial charge in [0, 0.05) is 0 Å². The first kappa shape index (κ1) is 42.6. The zero-order valence-electron chi connectivity index (χ0n) is 30.6. The van der Waals surface area contributed by atoms with E-state index in [-0.39, 0.29) is 55.0 Å². The van der Waals surface area contributed by atoms with Crippen LogP contribution in [0.4, 0.5) is 0 Å².